The SMILES string of the molecule is CC(C)COc1ccc(C(O)C(F)(F)F)cc1. The van der Waals surface area contributed by atoms with Gasteiger partial charge in [0.15, 0.2) is 6.10 Å². The lowest BCUT2D eigenvalue weighted by atomic mass is 10.1. The second-order valence-electron chi connectivity index (χ2n) is 4.22. The van der Waals surface area contributed by atoms with Crippen molar-refractivity contribution in [1.29, 1.82) is 0 Å². The zero-order valence-electron chi connectivity index (χ0n) is 9.66. The Hall–Kier alpha value is -1.23. The molecule has 1 atom stereocenters. The maximum Gasteiger partial charge on any atom is 0.418 e. The molecule has 0 saturated carbocycles. The van der Waals surface area contributed by atoms with Crippen LogP contribution < -0.4 is 4.74 Å². The summed E-state index contributed by atoms with van der Waals surface area (Å²) in [5.74, 6) is 0.840. The van der Waals surface area contributed by atoms with Crippen LogP contribution in [-0.2, 0) is 0 Å². The molecule has 1 aromatic rings. The molecule has 2 nitrogen and oxygen atoms in total. The molecule has 0 aliphatic rings. The normalized spacial score (nSPS) is 13.8. The first-order chi connectivity index (χ1) is 7.80. The van der Waals surface area contributed by atoms with E-state index < -0.39 is 12.3 Å². The van der Waals surface area contributed by atoms with E-state index in [2.05, 4.69) is 0 Å². The summed E-state index contributed by atoms with van der Waals surface area (Å²) in [7, 11) is 0. The van der Waals surface area contributed by atoms with Gasteiger partial charge in [-0.2, -0.15) is 13.2 Å². The smallest absolute Gasteiger partial charge is 0.418 e. The summed E-state index contributed by atoms with van der Waals surface area (Å²) in [6, 6.07) is 5.28. The minimum absolute atomic E-state index is 0.186. The van der Waals surface area contributed by atoms with Crippen molar-refractivity contribution in [3.63, 3.8) is 0 Å². The molecule has 1 N–H and O–H groups in total. The molecule has 0 aliphatic heterocycles. The van der Waals surface area contributed by atoms with E-state index in [1.165, 1.54) is 24.3 Å². The number of hydrogen-bond acceptors (Lipinski definition) is 2. The highest BCUT2D eigenvalue weighted by atomic mass is 19.4. The molecule has 5 heteroatoms. The first kappa shape index (κ1) is 13.8. The average Bonchev–Trinajstić information content (AvgIpc) is 2.25. The Bertz CT molecular complexity index is 344. The van der Waals surface area contributed by atoms with Gasteiger partial charge in [-0.1, -0.05) is 26.0 Å². The third-order valence-corrected chi connectivity index (χ3v) is 2.09. The molecular weight excluding hydrogens is 233 g/mol. The molecule has 0 bridgehead atoms. The fourth-order valence-electron chi connectivity index (χ4n) is 1.20. The lowest BCUT2D eigenvalue weighted by Gasteiger charge is -2.15. The van der Waals surface area contributed by atoms with Gasteiger partial charge in [0.2, 0.25) is 0 Å². The standard InChI is InChI=1S/C12H15F3O2/c1-8(2)7-17-10-5-3-9(4-6-10)11(16)12(13,14)15/h3-6,8,11,16H,7H2,1-2H3. The van der Waals surface area contributed by atoms with Gasteiger partial charge in [0.1, 0.15) is 5.75 Å². The summed E-state index contributed by atoms with van der Waals surface area (Å²) in [6.07, 6.45) is -7.08. The van der Waals surface area contributed by atoms with Crippen LogP contribution in [0.15, 0.2) is 24.3 Å². The Morgan fingerprint density at radius 2 is 1.71 bits per heavy atom. The summed E-state index contributed by atoms with van der Waals surface area (Å²) in [5, 5.41) is 9.00. The second kappa shape index (κ2) is 5.40. The first-order valence-corrected chi connectivity index (χ1v) is 5.28. The summed E-state index contributed by atoms with van der Waals surface area (Å²) in [5.41, 5.74) is -0.186. The van der Waals surface area contributed by atoms with Gasteiger partial charge in [-0.25, -0.2) is 0 Å². The van der Waals surface area contributed by atoms with Crippen molar-refractivity contribution in [2.24, 2.45) is 5.92 Å². The molecular formula is C12H15F3O2. The highest BCUT2D eigenvalue weighted by molar-refractivity contribution is 5.29. The van der Waals surface area contributed by atoms with Gasteiger partial charge in [0.05, 0.1) is 6.61 Å². The number of aliphatic hydroxyl groups excluding tert-OH is 1. The topological polar surface area (TPSA) is 29.5 Å². The van der Waals surface area contributed by atoms with E-state index in [0.29, 0.717) is 18.3 Å². The average molecular weight is 248 g/mol. The van der Waals surface area contributed by atoms with Crippen molar-refractivity contribution in [1.82, 2.24) is 0 Å². The van der Waals surface area contributed by atoms with Crippen molar-refractivity contribution in [2.75, 3.05) is 6.61 Å². The van der Waals surface area contributed by atoms with Gasteiger partial charge in [-0.05, 0) is 23.6 Å². The second-order valence-corrected chi connectivity index (χ2v) is 4.22. The number of aliphatic hydroxyl groups is 1. The molecule has 0 aliphatic carbocycles. The Kier molecular flexibility index (Phi) is 4.40. The minimum atomic E-state index is -4.64. The van der Waals surface area contributed by atoms with Crippen molar-refractivity contribution in [3.8, 4) is 5.75 Å². The van der Waals surface area contributed by atoms with Gasteiger partial charge >= 0.3 is 6.18 Å². The van der Waals surface area contributed by atoms with Gasteiger partial charge in [-0.15, -0.1) is 0 Å². The quantitative estimate of drug-likeness (QED) is 0.885. The van der Waals surface area contributed by atoms with E-state index in [0.717, 1.165) is 0 Å². The molecule has 17 heavy (non-hydrogen) atoms. The predicted molar refractivity (Wildman–Crippen MR) is 57.8 cm³/mol. The third-order valence-electron chi connectivity index (χ3n) is 2.09. The Labute approximate surface area is 98.0 Å². The summed E-state index contributed by atoms with van der Waals surface area (Å²) < 4.78 is 41.9. The van der Waals surface area contributed by atoms with Crippen LogP contribution in [0.1, 0.15) is 25.5 Å². The van der Waals surface area contributed by atoms with E-state index in [1.807, 2.05) is 13.8 Å². The monoisotopic (exact) mass is 248 g/mol. The molecule has 0 aromatic heterocycles. The summed E-state index contributed by atoms with van der Waals surface area (Å²) in [6.45, 7) is 4.45. The van der Waals surface area contributed by atoms with Gasteiger partial charge < -0.3 is 9.84 Å². The first-order valence-electron chi connectivity index (χ1n) is 5.28. The van der Waals surface area contributed by atoms with E-state index in [9.17, 15) is 13.2 Å². The van der Waals surface area contributed by atoms with E-state index in [4.69, 9.17) is 9.84 Å². The number of ether oxygens (including phenoxy) is 1. The number of benzene rings is 1. The number of rotatable bonds is 4. The van der Waals surface area contributed by atoms with Crippen LogP contribution in [0, 0.1) is 5.92 Å². The van der Waals surface area contributed by atoms with E-state index >= 15 is 0 Å². The molecule has 0 spiro atoms. The van der Waals surface area contributed by atoms with Crippen molar-refractivity contribution >= 4 is 0 Å². The Balaban J connectivity index is 2.68. The van der Waals surface area contributed by atoms with Crippen LogP contribution in [0.3, 0.4) is 0 Å². The molecule has 96 valence electrons. The van der Waals surface area contributed by atoms with Crippen LogP contribution >= 0.6 is 0 Å². The van der Waals surface area contributed by atoms with Crippen LogP contribution in [0.25, 0.3) is 0 Å². The molecule has 0 radical (unpaired) electrons. The predicted octanol–water partition coefficient (Wildman–Crippen LogP) is 3.32. The summed E-state index contributed by atoms with van der Waals surface area (Å²) >= 11 is 0. The molecule has 1 unspecified atom stereocenters. The molecule has 0 saturated heterocycles. The Morgan fingerprint density at radius 3 is 2.12 bits per heavy atom. The maximum atomic E-state index is 12.2. The molecule has 0 amide bonds. The minimum Gasteiger partial charge on any atom is -0.493 e. The van der Waals surface area contributed by atoms with Crippen molar-refractivity contribution in [3.05, 3.63) is 29.8 Å². The highest BCUT2D eigenvalue weighted by Gasteiger charge is 2.39. The highest BCUT2D eigenvalue weighted by Crippen LogP contribution is 2.32. The molecule has 1 rings (SSSR count). The summed E-state index contributed by atoms with van der Waals surface area (Å²) in [4.78, 5) is 0. The van der Waals surface area contributed by atoms with E-state index in [1.54, 1.807) is 0 Å². The number of alkyl halides is 3. The van der Waals surface area contributed by atoms with Crippen molar-refractivity contribution < 1.29 is 23.0 Å². The fraction of sp³-hybridized carbons (Fsp3) is 0.500. The van der Waals surface area contributed by atoms with Crippen LogP contribution in [0.4, 0.5) is 13.2 Å². The number of halogens is 3. The van der Waals surface area contributed by atoms with Crippen LogP contribution in [0.2, 0.25) is 0 Å². The molecule has 1 aromatic carbocycles. The lowest BCUT2D eigenvalue weighted by molar-refractivity contribution is -0.206. The van der Waals surface area contributed by atoms with Gasteiger partial charge in [0.25, 0.3) is 0 Å². The lowest BCUT2D eigenvalue weighted by Crippen LogP contribution is -2.20. The van der Waals surface area contributed by atoms with Crippen LogP contribution in [-0.4, -0.2) is 17.9 Å². The van der Waals surface area contributed by atoms with Gasteiger partial charge in [0, 0.05) is 0 Å². The third kappa shape index (κ3) is 4.26. The van der Waals surface area contributed by atoms with Crippen LogP contribution in [0.5, 0.6) is 5.75 Å². The Morgan fingerprint density at radius 1 is 1.18 bits per heavy atom. The van der Waals surface area contributed by atoms with Crippen molar-refractivity contribution in [2.45, 2.75) is 26.1 Å². The molecule has 0 heterocycles. The van der Waals surface area contributed by atoms with E-state index in [-0.39, 0.29) is 5.56 Å². The van der Waals surface area contributed by atoms with Gasteiger partial charge in [-0.3, -0.25) is 0 Å². The largest absolute Gasteiger partial charge is 0.493 e. The maximum absolute atomic E-state index is 12.2. The molecule has 0 fully saturated rings. The number of hydrogen-bond donors (Lipinski definition) is 1. The zero-order valence-corrected chi connectivity index (χ0v) is 9.66. The fourth-order valence-corrected chi connectivity index (χ4v) is 1.20. The zero-order chi connectivity index (χ0) is 13.1.